The van der Waals surface area contributed by atoms with E-state index in [4.69, 9.17) is 13.6 Å². The molecular weight excluding hydrogens is 163 g/mol. The molecule has 0 radical (unpaired) electrons. The van der Waals surface area contributed by atoms with E-state index < -0.39 is 8.60 Å². The Morgan fingerprint density at radius 1 is 0.818 bits per heavy atom. The van der Waals surface area contributed by atoms with Crippen LogP contribution in [0.5, 0.6) is 0 Å². The van der Waals surface area contributed by atoms with Crippen LogP contribution in [0.4, 0.5) is 0 Å². The summed E-state index contributed by atoms with van der Waals surface area (Å²) in [6.07, 6.45) is 0.899. The largest absolute Gasteiger partial charge is 0.333 e. The predicted octanol–water partition coefficient (Wildman–Crippen LogP) is 2.07. The van der Waals surface area contributed by atoms with Crippen LogP contribution in [0.2, 0.25) is 0 Å². The van der Waals surface area contributed by atoms with Gasteiger partial charge in [-0.15, -0.1) is 0 Å². The fourth-order valence-corrected chi connectivity index (χ4v) is 3.22. The minimum atomic E-state index is -1.02. The maximum absolute atomic E-state index is 5.45. The Morgan fingerprint density at radius 3 is 1.36 bits per heavy atom. The first-order chi connectivity index (χ1) is 5.18. The highest BCUT2D eigenvalue weighted by Crippen LogP contribution is 2.56. The second-order valence-corrected chi connectivity index (χ2v) is 4.31. The molecule has 0 saturated carbocycles. The summed E-state index contributed by atoms with van der Waals surface area (Å²) in [5, 5.41) is 0. The Bertz CT molecular complexity index is 135. The molecule has 4 heteroatoms. The first kappa shape index (κ1) is 7.93. The Hall–Kier alpha value is 0.310. The van der Waals surface area contributed by atoms with Crippen molar-refractivity contribution in [2.24, 2.45) is 5.92 Å². The number of hydrogen-bond donors (Lipinski definition) is 0. The zero-order valence-electron chi connectivity index (χ0n) is 6.98. The van der Waals surface area contributed by atoms with Gasteiger partial charge in [0.2, 0.25) is 0 Å². The summed E-state index contributed by atoms with van der Waals surface area (Å²) < 4.78 is 16.3. The van der Waals surface area contributed by atoms with E-state index in [9.17, 15) is 0 Å². The molecule has 64 valence electrons. The lowest BCUT2D eigenvalue weighted by Gasteiger charge is -2.46. The highest BCUT2D eigenvalue weighted by Gasteiger charge is 2.46. The summed E-state index contributed by atoms with van der Waals surface area (Å²) in [6, 6.07) is 0. The third-order valence-electron chi connectivity index (χ3n) is 2.38. The van der Waals surface area contributed by atoms with Gasteiger partial charge in [-0.25, -0.2) is 0 Å². The summed E-state index contributed by atoms with van der Waals surface area (Å²) in [4.78, 5) is 0. The fraction of sp³-hybridized carbons (Fsp3) is 1.00. The van der Waals surface area contributed by atoms with Gasteiger partial charge in [0.05, 0.1) is 18.3 Å². The summed E-state index contributed by atoms with van der Waals surface area (Å²) in [5.41, 5.74) is 0. The molecule has 3 aliphatic heterocycles. The second-order valence-electron chi connectivity index (χ2n) is 3.23. The molecule has 2 bridgehead atoms. The lowest BCUT2D eigenvalue weighted by Crippen LogP contribution is -2.47. The van der Waals surface area contributed by atoms with Crippen molar-refractivity contribution in [1.29, 1.82) is 0 Å². The number of fused-ring (bicyclic) bond motifs is 3. The van der Waals surface area contributed by atoms with E-state index in [1.165, 1.54) is 0 Å². The van der Waals surface area contributed by atoms with Gasteiger partial charge in [-0.3, -0.25) is 0 Å². The van der Waals surface area contributed by atoms with Crippen molar-refractivity contribution >= 4 is 8.60 Å². The van der Waals surface area contributed by atoms with E-state index in [0.717, 1.165) is 0 Å². The minimum Gasteiger partial charge on any atom is -0.309 e. The van der Waals surface area contributed by atoms with Crippen molar-refractivity contribution in [1.82, 2.24) is 0 Å². The molecule has 11 heavy (non-hydrogen) atoms. The van der Waals surface area contributed by atoms with Gasteiger partial charge in [0.25, 0.3) is 0 Å². The van der Waals surface area contributed by atoms with Gasteiger partial charge in [-0.1, -0.05) is 0 Å². The summed E-state index contributed by atoms with van der Waals surface area (Å²) in [5.74, 6) is 0.405. The van der Waals surface area contributed by atoms with Crippen LogP contribution in [0.1, 0.15) is 20.8 Å². The van der Waals surface area contributed by atoms with E-state index >= 15 is 0 Å². The quantitative estimate of drug-likeness (QED) is 0.529. The predicted molar refractivity (Wildman–Crippen MR) is 42.1 cm³/mol. The first-order valence-corrected chi connectivity index (χ1v) is 5.08. The maximum atomic E-state index is 5.45. The summed E-state index contributed by atoms with van der Waals surface area (Å²) in [6.45, 7) is 6.29. The fourth-order valence-electron chi connectivity index (χ4n) is 1.84. The van der Waals surface area contributed by atoms with Crippen LogP contribution in [-0.4, -0.2) is 18.3 Å². The average Bonchev–Trinajstić information content (AvgIpc) is 1.82. The molecule has 0 N–H and O–H groups in total. The minimum absolute atomic E-state index is 0.300. The van der Waals surface area contributed by atoms with Crippen molar-refractivity contribution in [3.05, 3.63) is 0 Å². The van der Waals surface area contributed by atoms with Gasteiger partial charge >= 0.3 is 8.60 Å². The van der Waals surface area contributed by atoms with Gasteiger partial charge in [0.1, 0.15) is 0 Å². The molecule has 0 aliphatic carbocycles. The zero-order valence-corrected chi connectivity index (χ0v) is 7.88. The Kier molecular flexibility index (Phi) is 1.92. The average molecular weight is 176 g/mol. The van der Waals surface area contributed by atoms with E-state index in [1.807, 2.05) is 0 Å². The van der Waals surface area contributed by atoms with Gasteiger partial charge in [0.15, 0.2) is 0 Å². The van der Waals surface area contributed by atoms with Crippen molar-refractivity contribution < 1.29 is 13.6 Å². The van der Waals surface area contributed by atoms with Crippen LogP contribution in [0.25, 0.3) is 0 Å². The zero-order chi connectivity index (χ0) is 8.01. The maximum Gasteiger partial charge on any atom is 0.333 e. The number of hydrogen-bond acceptors (Lipinski definition) is 3. The normalized spacial score (nSPS) is 56.5. The highest BCUT2D eigenvalue weighted by atomic mass is 31.2. The van der Waals surface area contributed by atoms with E-state index in [2.05, 4.69) is 20.8 Å². The summed E-state index contributed by atoms with van der Waals surface area (Å²) >= 11 is 0. The Morgan fingerprint density at radius 2 is 1.18 bits per heavy atom. The molecule has 3 atom stereocenters. The summed E-state index contributed by atoms with van der Waals surface area (Å²) in [7, 11) is -1.02. The molecule has 0 spiro atoms. The highest BCUT2D eigenvalue weighted by molar-refractivity contribution is 7.41. The lowest BCUT2D eigenvalue weighted by molar-refractivity contribution is -0.115. The van der Waals surface area contributed by atoms with E-state index in [-0.39, 0.29) is 0 Å². The SMILES string of the molecule is CC1OP2OC(C)C1C(C)O2. The standard InChI is InChI=1S/C7H13O3P/c1-4-7-5(2)9-11(8-4)10-6(7)3/h4-7H,1-3H3. The molecule has 0 aromatic carbocycles. The molecule has 3 saturated heterocycles. The molecule has 3 aliphatic rings. The molecular formula is C7H13O3P. The van der Waals surface area contributed by atoms with Crippen LogP contribution in [0, 0.1) is 5.92 Å². The van der Waals surface area contributed by atoms with Gasteiger partial charge in [-0.05, 0) is 20.8 Å². The third kappa shape index (κ3) is 1.20. The van der Waals surface area contributed by atoms with Gasteiger partial charge in [-0.2, -0.15) is 0 Å². The van der Waals surface area contributed by atoms with Crippen molar-refractivity contribution in [2.75, 3.05) is 0 Å². The van der Waals surface area contributed by atoms with Gasteiger partial charge < -0.3 is 13.6 Å². The van der Waals surface area contributed by atoms with Crippen molar-refractivity contribution in [2.45, 2.75) is 39.1 Å². The molecule has 3 fully saturated rings. The first-order valence-electron chi connectivity index (χ1n) is 3.99. The van der Waals surface area contributed by atoms with Crippen LogP contribution in [0.15, 0.2) is 0 Å². The molecule has 0 amide bonds. The van der Waals surface area contributed by atoms with Crippen molar-refractivity contribution in [3.8, 4) is 0 Å². The third-order valence-corrected chi connectivity index (χ3v) is 3.90. The van der Waals surface area contributed by atoms with Crippen molar-refractivity contribution in [3.63, 3.8) is 0 Å². The molecule has 3 nitrogen and oxygen atoms in total. The molecule has 0 aromatic heterocycles. The monoisotopic (exact) mass is 176 g/mol. The van der Waals surface area contributed by atoms with Crippen LogP contribution in [-0.2, 0) is 13.6 Å². The molecule has 3 heterocycles. The molecule has 3 unspecified atom stereocenters. The smallest absolute Gasteiger partial charge is 0.309 e. The second kappa shape index (κ2) is 2.67. The Balaban J connectivity index is 2.16. The van der Waals surface area contributed by atoms with E-state index in [1.54, 1.807) is 0 Å². The van der Waals surface area contributed by atoms with E-state index in [0.29, 0.717) is 24.2 Å². The topological polar surface area (TPSA) is 27.7 Å². The lowest BCUT2D eigenvalue weighted by atomic mass is 9.93. The van der Waals surface area contributed by atoms with Crippen LogP contribution in [0.3, 0.4) is 0 Å². The molecule has 3 rings (SSSR count). The Labute approximate surface area is 68.0 Å². The van der Waals surface area contributed by atoms with Crippen LogP contribution < -0.4 is 0 Å². The van der Waals surface area contributed by atoms with Gasteiger partial charge in [0, 0.05) is 5.92 Å². The van der Waals surface area contributed by atoms with Crippen LogP contribution >= 0.6 is 8.60 Å². The molecule has 0 aromatic rings. The number of rotatable bonds is 0.